The van der Waals surface area contributed by atoms with Gasteiger partial charge in [0.05, 0.1) is 12.2 Å². The van der Waals surface area contributed by atoms with Gasteiger partial charge in [-0.3, -0.25) is 0 Å². The van der Waals surface area contributed by atoms with Gasteiger partial charge in [0, 0.05) is 25.6 Å². The quantitative estimate of drug-likeness (QED) is 0.513. The average Bonchev–Trinajstić information content (AvgIpc) is 2.26. The maximum atomic E-state index is 8.91. The predicted octanol–water partition coefficient (Wildman–Crippen LogP) is -0.644. The Morgan fingerprint density at radius 2 is 2.40 bits per heavy atom. The number of morpholine rings is 1. The van der Waals surface area contributed by atoms with Gasteiger partial charge in [-0.1, -0.05) is 0 Å². The van der Waals surface area contributed by atoms with Crippen molar-refractivity contribution in [3.63, 3.8) is 0 Å². The van der Waals surface area contributed by atoms with Crippen LogP contribution in [0.4, 0.5) is 0 Å². The van der Waals surface area contributed by atoms with Crippen molar-refractivity contribution >= 4 is 0 Å². The summed E-state index contributed by atoms with van der Waals surface area (Å²) in [5.74, 6) is 0.389. The molecule has 0 amide bonds. The molecule has 3 nitrogen and oxygen atoms in total. The van der Waals surface area contributed by atoms with Crippen molar-refractivity contribution in [2.75, 3.05) is 19.7 Å². The normalized spacial score (nSPS) is 45.9. The van der Waals surface area contributed by atoms with Gasteiger partial charge in [0.25, 0.3) is 0 Å². The number of ether oxygens (including phenoxy) is 1. The van der Waals surface area contributed by atoms with E-state index in [2.05, 4.69) is 5.32 Å². The third-order valence-electron chi connectivity index (χ3n) is 2.41. The van der Waals surface area contributed by atoms with Crippen molar-refractivity contribution < 1.29 is 9.84 Å². The Hall–Kier alpha value is -0.120. The Kier molecular flexibility index (Phi) is 1.64. The van der Waals surface area contributed by atoms with E-state index in [-0.39, 0.29) is 12.7 Å². The molecule has 0 aromatic rings. The van der Waals surface area contributed by atoms with Crippen molar-refractivity contribution in [3.05, 3.63) is 0 Å². The predicted molar refractivity (Wildman–Crippen MR) is 36.7 cm³/mol. The highest BCUT2D eigenvalue weighted by atomic mass is 16.5. The number of fused-ring (bicyclic) bond motifs is 2. The minimum absolute atomic E-state index is 0.281. The zero-order chi connectivity index (χ0) is 6.97. The maximum Gasteiger partial charge on any atom is 0.0754 e. The molecule has 2 bridgehead atoms. The molecule has 2 fully saturated rings. The van der Waals surface area contributed by atoms with Crippen LogP contribution >= 0.6 is 0 Å². The molecule has 2 rings (SSSR count). The summed E-state index contributed by atoms with van der Waals surface area (Å²) in [5.41, 5.74) is 0. The van der Waals surface area contributed by atoms with Gasteiger partial charge in [0.15, 0.2) is 0 Å². The average molecular weight is 143 g/mol. The molecule has 10 heavy (non-hydrogen) atoms. The van der Waals surface area contributed by atoms with Crippen LogP contribution in [-0.2, 0) is 4.74 Å². The molecule has 2 aliphatic heterocycles. The number of hydrogen-bond acceptors (Lipinski definition) is 3. The van der Waals surface area contributed by atoms with E-state index in [0.717, 1.165) is 19.5 Å². The topological polar surface area (TPSA) is 41.5 Å². The van der Waals surface area contributed by atoms with E-state index < -0.39 is 0 Å². The van der Waals surface area contributed by atoms with E-state index in [4.69, 9.17) is 9.84 Å². The lowest BCUT2D eigenvalue weighted by Crippen LogP contribution is -2.39. The first kappa shape index (κ1) is 6.58. The fraction of sp³-hybridized carbons (Fsp3) is 1.00. The van der Waals surface area contributed by atoms with Gasteiger partial charge in [-0.15, -0.1) is 0 Å². The molecule has 0 saturated carbocycles. The third kappa shape index (κ3) is 0.944. The number of aliphatic hydroxyl groups excluding tert-OH is 1. The molecule has 0 aromatic heterocycles. The Morgan fingerprint density at radius 3 is 3.10 bits per heavy atom. The summed E-state index contributed by atoms with van der Waals surface area (Å²) in [6.45, 7) is 2.16. The molecule has 2 saturated heterocycles. The Labute approximate surface area is 60.4 Å². The summed E-state index contributed by atoms with van der Waals surface area (Å²) in [4.78, 5) is 0. The monoisotopic (exact) mass is 143 g/mol. The number of hydrogen-bond donors (Lipinski definition) is 2. The largest absolute Gasteiger partial charge is 0.396 e. The van der Waals surface area contributed by atoms with E-state index in [9.17, 15) is 0 Å². The highest BCUT2D eigenvalue weighted by molar-refractivity contribution is 4.88. The summed E-state index contributed by atoms with van der Waals surface area (Å²) >= 11 is 0. The van der Waals surface area contributed by atoms with E-state index in [1.807, 2.05) is 0 Å². The Balaban J connectivity index is 2.01. The standard InChI is InChI=1S/C7H13NO2/c9-4-5-1-6-2-8-3-7(5)10-6/h5-9H,1-4H2. The molecule has 2 aliphatic rings. The fourth-order valence-electron chi connectivity index (χ4n) is 1.83. The zero-order valence-corrected chi connectivity index (χ0v) is 5.92. The molecule has 2 heterocycles. The molecule has 2 N–H and O–H groups in total. The molecule has 0 radical (unpaired) electrons. The fourth-order valence-corrected chi connectivity index (χ4v) is 1.83. The zero-order valence-electron chi connectivity index (χ0n) is 5.92. The maximum absolute atomic E-state index is 8.91. The molecular weight excluding hydrogens is 130 g/mol. The number of rotatable bonds is 1. The highest BCUT2D eigenvalue weighted by Gasteiger charge is 2.37. The minimum Gasteiger partial charge on any atom is -0.396 e. The van der Waals surface area contributed by atoms with E-state index in [1.165, 1.54) is 0 Å². The molecule has 0 spiro atoms. The van der Waals surface area contributed by atoms with Crippen LogP contribution in [0.15, 0.2) is 0 Å². The molecule has 3 heteroatoms. The minimum atomic E-state index is 0.281. The van der Waals surface area contributed by atoms with Crippen LogP contribution in [0.25, 0.3) is 0 Å². The van der Waals surface area contributed by atoms with Crippen molar-refractivity contribution in [2.24, 2.45) is 5.92 Å². The first-order valence-corrected chi connectivity index (χ1v) is 3.87. The second-order valence-electron chi connectivity index (χ2n) is 3.13. The van der Waals surface area contributed by atoms with Crippen molar-refractivity contribution in [3.8, 4) is 0 Å². The molecule has 0 aromatic carbocycles. The summed E-state index contributed by atoms with van der Waals surface area (Å²) in [5, 5.41) is 12.2. The first-order chi connectivity index (χ1) is 4.90. The Bertz CT molecular complexity index is 129. The molecular formula is C7H13NO2. The number of nitrogens with one attached hydrogen (secondary N) is 1. The second-order valence-corrected chi connectivity index (χ2v) is 3.13. The van der Waals surface area contributed by atoms with Gasteiger partial charge in [-0.05, 0) is 6.42 Å². The van der Waals surface area contributed by atoms with Crippen molar-refractivity contribution in [2.45, 2.75) is 18.6 Å². The summed E-state index contributed by atoms with van der Waals surface area (Å²) in [6, 6.07) is 0. The summed E-state index contributed by atoms with van der Waals surface area (Å²) < 4.78 is 5.58. The van der Waals surface area contributed by atoms with Crippen LogP contribution in [0.1, 0.15) is 6.42 Å². The van der Waals surface area contributed by atoms with Crippen LogP contribution in [-0.4, -0.2) is 37.0 Å². The SMILES string of the molecule is OCC1CC2CNCC1O2. The van der Waals surface area contributed by atoms with Gasteiger partial charge in [0.1, 0.15) is 0 Å². The molecule has 3 unspecified atom stereocenters. The third-order valence-corrected chi connectivity index (χ3v) is 2.41. The van der Waals surface area contributed by atoms with Gasteiger partial charge in [0.2, 0.25) is 0 Å². The Morgan fingerprint density at radius 1 is 1.50 bits per heavy atom. The molecule has 58 valence electrons. The van der Waals surface area contributed by atoms with Crippen LogP contribution in [0.3, 0.4) is 0 Å². The second kappa shape index (κ2) is 2.49. The van der Waals surface area contributed by atoms with Crippen molar-refractivity contribution in [1.82, 2.24) is 5.32 Å². The van der Waals surface area contributed by atoms with Gasteiger partial charge in [-0.2, -0.15) is 0 Å². The van der Waals surface area contributed by atoms with Crippen LogP contribution in [0.5, 0.6) is 0 Å². The molecule has 3 atom stereocenters. The van der Waals surface area contributed by atoms with Gasteiger partial charge < -0.3 is 15.2 Å². The van der Waals surface area contributed by atoms with Crippen LogP contribution in [0.2, 0.25) is 0 Å². The summed E-state index contributed by atoms with van der Waals surface area (Å²) in [6.07, 6.45) is 1.69. The molecule has 0 aliphatic carbocycles. The summed E-state index contributed by atoms with van der Waals surface area (Å²) in [7, 11) is 0. The first-order valence-electron chi connectivity index (χ1n) is 3.87. The number of aliphatic hydroxyl groups is 1. The van der Waals surface area contributed by atoms with Crippen molar-refractivity contribution in [1.29, 1.82) is 0 Å². The lowest BCUT2D eigenvalue weighted by molar-refractivity contribution is 0.00238. The van der Waals surface area contributed by atoms with Gasteiger partial charge in [-0.25, -0.2) is 0 Å². The van der Waals surface area contributed by atoms with Gasteiger partial charge >= 0.3 is 0 Å². The van der Waals surface area contributed by atoms with E-state index in [0.29, 0.717) is 12.0 Å². The van der Waals surface area contributed by atoms with Crippen LogP contribution < -0.4 is 5.32 Å². The lowest BCUT2D eigenvalue weighted by atomic mass is 10.0. The highest BCUT2D eigenvalue weighted by Crippen LogP contribution is 2.27. The van der Waals surface area contributed by atoms with Crippen LogP contribution in [0, 0.1) is 5.92 Å². The van der Waals surface area contributed by atoms with E-state index in [1.54, 1.807) is 0 Å². The smallest absolute Gasteiger partial charge is 0.0754 e. The lowest BCUT2D eigenvalue weighted by Gasteiger charge is -2.22. The van der Waals surface area contributed by atoms with E-state index >= 15 is 0 Å².